The summed E-state index contributed by atoms with van der Waals surface area (Å²) in [6, 6.07) is 10.7. The maximum atomic E-state index is 10.8. The van der Waals surface area contributed by atoms with E-state index >= 15 is 0 Å². The Hall–Kier alpha value is -1.61. The van der Waals surface area contributed by atoms with E-state index in [4.69, 9.17) is 0 Å². The molecule has 2 atom stereocenters. The Morgan fingerprint density at radius 1 is 1.38 bits per heavy atom. The number of aromatic nitrogens is 2. The highest BCUT2D eigenvalue weighted by Crippen LogP contribution is 2.34. The van der Waals surface area contributed by atoms with Gasteiger partial charge < -0.3 is 5.11 Å². The van der Waals surface area contributed by atoms with Crippen LogP contribution < -0.4 is 0 Å². The van der Waals surface area contributed by atoms with Gasteiger partial charge in [-0.05, 0) is 50.3 Å². The molecule has 2 unspecified atom stereocenters. The summed E-state index contributed by atoms with van der Waals surface area (Å²) in [5, 5.41) is 15.2. The minimum atomic E-state index is -0.326. The number of aliphatic hydroxyl groups excluding tert-OH is 1. The minimum absolute atomic E-state index is 0.260. The molecule has 1 aliphatic carbocycles. The van der Waals surface area contributed by atoms with E-state index in [1.807, 2.05) is 11.6 Å². The van der Waals surface area contributed by atoms with E-state index < -0.39 is 0 Å². The zero-order valence-corrected chi connectivity index (χ0v) is 12.9. The maximum absolute atomic E-state index is 10.8. The highest BCUT2D eigenvalue weighted by molar-refractivity contribution is 5.33. The first-order valence-corrected chi connectivity index (χ1v) is 7.98. The number of hydrogen-bond donors (Lipinski definition) is 1. The number of fused-ring (bicyclic) bond motifs is 1. The molecular weight excluding hydrogens is 260 g/mol. The van der Waals surface area contributed by atoms with Crippen molar-refractivity contribution in [2.24, 2.45) is 0 Å². The summed E-state index contributed by atoms with van der Waals surface area (Å²) >= 11 is 0. The normalized spacial score (nSPS) is 19.3. The van der Waals surface area contributed by atoms with Gasteiger partial charge in [-0.15, -0.1) is 0 Å². The summed E-state index contributed by atoms with van der Waals surface area (Å²) in [5.41, 5.74) is 4.93. The summed E-state index contributed by atoms with van der Waals surface area (Å²) in [7, 11) is 0. The molecule has 0 saturated carbocycles. The molecule has 0 aliphatic heterocycles. The first-order chi connectivity index (χ1) is 10.2. The fourth-order valence-corrected chi connectivity index (χ4v) is 3.58. The summed E-state index contributed by atoms with van der Waals surface area (Å²) in [4.78, 5) is 0. The van der Waals surface area contributed by atoms with E-state index in [1.165, 1.54) is 17.5 Å². The average molecular weight is 284 g/mol. The number of hydrogen-bond acceptors (Lipinski definition) is 2. The van der Waals surface area contributed by atoms with Crippen LogP contribution >= 0.6 is 0 Å². The summed E-state index contributed by atoms with van der Waals surface area (Å²) in [6.45, 7) is 4.97. The van der Waals surface area contributed by atoms with Crippen LogP contribution in [0.4, 0.5) is 0 Å². The molecule has 3 heteroatoms. The Bertz CT molecular complexity index is 617. The second kappa shape index (κ2) is 6.02. The van der Waals surface area contributed by atoms with Crippen LogP contribution in [0.15, 0.2) is 30.3 Å². The molecule has 1 aromatic carbocycles. The SMILES string of the molecule is CCn1nc(C)cc1CC(O)C1CCCc2ccccc21. The average Bonchev–Trinajstić information content (AvgIpc) is 2.86. The lowest BCUT2D eigenvalue weighted by atomic mass is 9.79. The molecule has 0 saturated heterocycles. The van der Waals surface area contributed by atoms with Crippen molar-refractivity contribution in [3.63, 3.8) is 0 Å². The van der Waals surface area contributed by atoms with E-state index in [1.54, 1.807) is 0 Å². The number of rotatable bonds is 4. The van der Waals surface area contributed by atoms with Gasteiger partial charge in [-0.25, -0.2) is 0 Å². The van der Waals surface area contributed by atoms with Gasteiger partial charge in [0.05, 0.1) is 11.8 Å². The van der Waals surface area contributed by atoms with E-state index in [0.29, 0.717) is 6.42 Å². The Kier molecular flexibility index (Phi) is 4.11. The Morgan fingerprint density at radius 2 is 2.19 bits per heavy atom. The molecule has 2 aromatic rings. The molecule has 0 amide bonds. The second-order valence-corrected chi connectivity index (χ2v) is 6.06. The lowest BCUT2D eigenvalue weighted by Crippen LogP contribution is -2.26. The molecule has 3 rings (SSSR count). The summed E-state index contributed by atoms with van der Waals surface area (Å²) in [6.07, 6.45) is 3.76. The molecule has 1 heterocycles. The van der Waals surface area contributed by atoms with Crippen LogP contribution in [0.1, 0.15) is 48.2 Å². The maximum Gasteiger partial charge on any atom is 0.0664 e. The van der Waals surface area contributed by atoms with Crippen LogP contribution in [0.5, 0.6) is 0 Å². The molecule has 0 fully saturated rings. The molecule has 0 bridgehead atoms. The van der Waals surface area contributed by atoms with Crippen molar-refractivity contribution in [2.75, 3.05) is 0 Å². The first kappa shape index (κ1) is 14.3. The topological polar surface area (TPSA) is 38.0 Å². The predicted octanol–water partition coefficient (Wildman–Crippen LogP) is 3.23. The van der Waals surface area contributed by atoms with Crippen molar-refractivity contribution < 1.29 is 5.11 Å². The van der Waals surface area contributed by atoms with Crippen LogP contribution in [-0.4, -0.2) is 21.0 Å². The summed E-state index contributed by atoms with van der Waals surface area (Å²) < 4.78 is 2.01. The van der Waals surface area contributed by atoms with Gasteiger partial charge in [0, 0.05) is 24.6 Å². The van der Waals surface area contributed by atoms with Crippen LogP contribution in [0.3, 0.4) is 0 Å². The fraction of sp³-hybridized carbons (Fsp3) is 0.500. The molecule has 0 radical (unpaired) electrons. The third kappa shape index (κ3) is 2.88. The minimum Gasteiger partial charge on any atom is -0.392 e. The van der Waals surface area contributed by atoms with Crippen molar-refractivity contribution in [2.45, 2.75) is 58.1 Å². The van der Waals surface area contributed by atoms with Crippen molar-refractivity contribution >= 4 is 0 Å². The summed E-state index contributed by atoms with van der Waals surface area (Å²) in [5.74, 6) is 0.260. The smallest absolute Gasteiger partial charge is 0.0664 e. The second-order valence-electron chi connectivity index (χ2n) is 6.06. The third-order valence-corrected chi connectivity index (χ3v) is 4.58. The zero-order chi connectivity index (χ0) is 14.8. The molecule has 112 valence electrons. The van der Waals surface area contributed by atoms with Gasteiger partial charge in [0.25, 0.3) is 0 Å². The van der Waals surface area contributed by atoms with Gasteiger partial charge in [-0.2, -0.15) is 5.10 Å². The van der Waals surface area contributed by atoms with Crippen LogP contribution in [0, 0.1) is 6.92 Å². The molecule has 3 nitrogen and oxygen atoms in total. The van der Waals surface area contributed by atoms with Gasteiger partial charge in [-0.1, -0.05) is 24.3 Å². The molecule has 0 spiro atoms. The van der Waals surface area contributed by atoms with Crippen molar-refractivity contribution in [1.29, 1.82) is 0 Å². The number of aryl methyl sites for hydroxylation is 3. The predicted molar refractivity (Wildman–Crippen MR) is 84.5 cm³/mol. The lowest BCUT2D eigenvalue weighted by molar-refractivity contribution is 0.132. The zero-order valence-electron chi connectivity index (χ0n) is 12.9. The fourth-order valence-electron chi connectivity index (χ4n) is 3.58. The number of benzene rings is 1. The molecule has 21 heavy (non-hydrogen) atoms. The van der Waals surface area contributed by atoms with Crippen molar-refractivity contribution in [3.8, 4) is 0 Å². The van der Waals surface area contributed by atoms with Crippen LogP contribution in [-0.2, 0) is 19.4 Å². The molecular formula is C18H24N2O. The van der Waals surface area contributed by atoms with Crippen molar-refractivity contribution in [3.05, 3.63) is 52.8 Å². The van der Waals surface area contributed by atoms with E-state index in [-0.39, 0.29) is 12.0 Å². The highest BCUT2D eigenvalue weighted by Gasteiger charge is 2.27. The Morgan fingerprint density at radius 3 is 3.00 bits per heavy atom. The van der Waals surface area contributed by atoms with Crippen molar-refractivity contribution in [1.82, 2.24) is 9.78 Å². The molecule has 1 aromatic heterocycles. The highest BCUT2D eigenvalue weighted by atomic mass is 16.3. The van der Waals surface area contributed by atoms with Gasteiger partial charge in [0.1, 0.15) is 0 Å². The van der Waals surface area contributed by atoms with Gasteiger partial charge in [0.15, 0.2) is 0 Å². The van der Waals surface area contributed by atoms with E-state index in [9.17, 15) is 5.11 Å². The van der Waals surface area contributed by atoms with Crippen LogP contribution in [0.25, 0.3) is 0 Å². The molecule has 1 aliphatic rings. The third-order valence-electron chi connectivity index (χ3n) is 4.58. The van der Waals surface area contributed by atoms with Crippen LogP contribution in [0.2, 0.25) is 0 Å². The quantitative estimate of drug-likeness (QED) is 0.936. The largest absolute Gasteiger partial charge is 0.392 e. The van der Waals surface area contributed by atoms with E-state index in [0.717, 1.165) is 30.8 Å². The standard InChI is InChI=1S/C18H24N2O/c1-3-20-15(11-13(2)19-20)12-18(21)17-10-6-8-14-7-4-5-9-16(14)17/h4-5,7,9,11,17-18,21H,3,6,8,10,12H2,1-2H3. The number of nitrogens with zero attached hydrogens (tertiary/aromatic N) is 2. The Balaban J connectivity index is 1.81. The molecule has 1 N–H and O–H groups in total. The lowest BCUT2D eigenvalue weighted by Gasteiger charge is -2.29. The van der Waals surface area contributed by atoms with Gasteiger partial charge in [-0.3, -0.25) is 4.68 Å². The monoisotopic (exact) mass is 284 g/mol. The van der Waals surface area contributed by atoms with Gasteiger partial charge >= 0.3 is 0 Å². The van der Waals surface area contributed by atoms with E-state index in [2.05, 4.69) is 42.4 Å². The van der Waals surface area contributed by atoms with Gasteiger partial charge in [0.2, 0.25) is 0 Å². The number of aliphatic hydroxyl groups is 1. The first-order valence-electron chi connectivity index (χ1n) is 7.98. The Labute approximate surface area is 126 Å².